The van der Waals surface area contributed by atoms with Gasteiger partial charge in [-0.05, 0) is 44.2 Å². The van der Waals surface area contributed by atoms with Gasteiger partial charge >= 0.3 is 5.97 Å². The third-order valence-corrected chi connectivity index (χ3v) is 2.61. The van der Waals surface area contributed by atoms with Crippen LogP contribution in [0.4, 0.5) is 0 Å². The SMILES string of the molecule is CC.CCOC(=O)c1cc2c([nH]1)CCCC2. The minimum Gasteiger partial charge on any atom is -0.461 e. The molecule has 0 spiro atoms. The lowest BCUT2D eigenvalue weighted by Gasteiger charge is -2.08. The number of ether oxygens (including phenoxy) is 1. The van der Waals surface area contributed by atoms with Gasteiger partial charge in [0.15, 0.2) is 0 Å². The van der Waals surface area contributed by atoms with E-state index in [0.29, 0.717) is 12.3 Å². The number of H-pyrrole nitrogens is 1. The van der Waals surface area contributed by atoms with Crippen LogP contribution in [0.15, 0.2) is 6.07 Å². The van der Waals surface area contributed by atoms with Crippen LogP contribution < -0.4 is 0 Å². The lowest BCUT2D eigenvalue weighted by Crippen LogP contribution is -2.05. The number of rotatable bonds is 2. The Balaban J connectivity index is 0.000000606. The normalized spacial score (nSPS) is 13.4. The largest absolute Gasteiger partial charge is 0.461 e. The third kappa shape index (κ3) is 2.87. The molecule has 0 aliphatic heterocycles. The second kappa shape index (κ2) is 6.36. The van der Waals surface area contributed by atoms with Crippen molar-refractivity contribution in [1.29, 1.82) is 0 Å². The number of nitrogens with one attached hydrogen (secondary N) is 1. The molecule has 0 bridgehead atoms. The molecule has 2 rings (SSSR count). The van der Waals surface area contributed by atoms with E-state index >= 15 is 0 Å². The molecule has 0 radical (unpaired) electrons. The third-order valence-electron chi connectivity index (χ3n) is 2.61. The van der Waals surface area contributed by atoms with Crippen LogP contribution in [0.5, 0.6) is 0 Å². The number of hydrogen-bond donors (Lipinski definition) is 1. The summed E-state index contributed by atoms with van der Waals surface area (Å²) < 4.78 is 4.94. The summed E-state index contributed by atoms with van der Waals surface area (Å²) in [6, 6.07) is 1.94. The summed E-state index contributed by atoms with van der Waals surface area (Å²) in [7, 11) is 0. The Kier molecular flexibility index (Phi) is 5.09. The Morgan fingerprint density at radius 3 is 2.69 bits per heavy atom. The number of aryl methyl sites for hydroxylation is 2. The van der Waals surface area contributed by atoms with Gasteiger partial charge in [-0.3, -0.25) is 0 Å². The van der Waals surface area contributed by atoms with Crippen molar-refractivity contribution in [3.63, 3.8) is 0 Å². The fourth-order valence-corrected chi connectivity index (χ4v) is 1.92. The van der Waals surface area contributed by atoms with Gasteiger partial charge in [0.1, 0.15) is 5.69 Å². The van der Waals surface area contributed by atoms with E-state index in [-0.39, 0.29) is 5.97 Å². The average Bonchev–Trinajstić information content (AvgIpc) is 2.75. The second-order valence-corrected chi connectivity index (χ2v) is 3.61. The van der Waals surface area contributed by atoms with E-state index in [1.165, 1.54) is 24.1 Å². The predicted octanol–water partition coefficient (Wildman–Crippen LogP) is 3.10. The molecule has 1 aliphatic carbocycles. The van der Waals surface area contributed by atoms with Gasteiger partial charge in [0.2, 0.25) is 0 Å². The van der Waals surface area contributed by atoms with Crippen LogP contribution in [-0.2, 0) is 17.6 Å². The predicted molar refractivity (Wildman–Crippen MR) is 64.7 cm³/mol. The smallest absolute Gasteiger partial charge is 0.354 e. The molecule has 1 aromatic rings. The number of carbonyl (C=O) groups is 1. The Morgan fingerprint density at radius 2 is 2.06 bits per heavy atom. The lowest BCUT2D eigenvalue weighted by molar-refractivity contribution is 0.0520. The Hall–Kier alpha value is -1.25. The van der Waals surface area contributed by atoms with Gasteiger partial charge in [0.05, 0.1) is 6.61 Å². The number of hydrogen-bond acceptors (Lipinski definition) is 2. The molecule has 0 amide bonds. The molecule has 3 nitrogen and oxygen atoms in total. The molecule has 90 valence electrons. The number of aromatic amines is 1. The van der Waals surface area contributed by atoms with E-state index in [4.69, 9.17) is 4.74 Å². The van der Waals surface area contributed by atoms with Crippen LogP contribution in [-0.4, -0.2) is 17.6 Å². The number of carbonyl (C=O) groups excluding carboxylic acids is 1. The highest BCUT2D eigenvalue weighted by atomic mass is 16.5. The summed E-state index contributed by atoms with van der Waals surface area (Å²) >= 11 is 0. The van der Waals surface area contributed by atoms with Gasteiger partial charge in [-0.1, -0.05) is 13.8 Å². The molecule has 0 unspecified atom stereocenters. The van der Waals surface area contributed by atoms with E-state index < -0.39 is 0 Å². The van der Waals surface area contributed by atoms with Crippen molar-refractivity contribution in [2.24, 2.45) is 0 Å². The minimum absolute atomic E-state index is 0.234. The highest BCUT2D eigenvalue weighted by molar-refractivity contribution is 5.87. The van der Waals surface area contributed by atoms with E-state index in [0.717, 1.165) is 12.8 Å². The molecule has 3 heteroatoms. The van der Waals surface area contributed by atoms with Gasteiger partial charge in [0.25, 0.3) is 0 Å². The van der Waals surface area contributed by atoms with Crippen LogP contribution in [0.3, 0.4) is 0 Å². The maximum Gasteiger partial charge on any atom is 0.354 e. The van der Waals surface area contributed by atoms with E-state index in [2.05, 4.69) is 4.98 Å². The van der Waals surface area contributed by atoms with Crippen LogP contribution in [0, 0.1) is 0 Å². The first-order chi connectivity index (χ1) is 7.81. The second-order valence-electron chi connectivity index (χ2n) is 3.61. The maximum atomic E-state index is 11.4. The van der Waals surface area contributed by atoms with E-state index in [1.807, 2.05) is 26.8 Å². The summed E-state index contributed by atoms with van der Waals surface area (Å²) in [5.74, 6) is -0.234. The van der Waals surface area contributed by atoms with Crippen LogP contribution in [0.2, 0.25) is 0 Å². The fourth-order valence-electron chi connectivity index (χ4n) is 1.92. The Morgan fingerprint density at radius 1 is 1.38 bits per heavy atom. The highest BCUT2D eigenvalue weighted by Crippen LogP contribution is 2.21. The van der Waals surface area contributed by atoms with Crippen molar-refractivity contribution in [1.82, 2.24) is 4.98 Å². The molecule has 1 aliphatic rings. The number of esters is 1. The first-order valence-electron chi connectivity index (χ1n) is 6.19. The summed E-state index contributed by atoms with van der Waals surface area (Å²) in [5, 5.41) is 0. The molecule has 16 heavy (non-hydrogen) atoms. The molecular weight excluding hydrogens is 202 g/mol. The summed E-state index contributed by atoms with van der Waals surface area (Å²) in [4.78, 5) is 14.6. The summed E-state index contributed by atoms with van der Waals surface area (Å²) in [6.45, 7) is 6.25. The van der Waals surface area contributed by atoms with Gasteiger partial charge in [-0.25, -0.2) is 4.79 Å². The zero-order valence-corrected chi connectivity index (χ0v) is 10.4. The van der Waals surface area contributed by atoms with Crippen molar-refractivity contribution >= 4 is 5.97 Å². The van der Waals surface area contributed by atoms with E-state index in [1.54, 1.807) is 0 Å². The summed E-state index contributed by atoms with van der Waals surface area (Å²) in [5.41, 5.74) is 3.12. The standard InChI is InChI=1S/C11H15NO2.C2H6/c1-2-14-11(13)10-7-8-5-3-4-6-9(8)12-10;1-2/h7,12H,2-6H2,1H3;1-2H3. The number of aromatic nitrogens is 1. The molecule has 1 N–H and O–H groups in total. The molecule has 0 aromatic carbocycles. The lowest BCUT2D eigenvalue weighted by atomic mass is 9.98. The molecule has 0 saturated heterocycles. The zero-order valence-electron chi connectivity index (χ0n) is 10.4. The van der Waals surface area contributed by atoms with Crippen molar-refractivity contribution < 1.29 is 9.53 Å². The van der Waals surface area contributed by atoms with Crippen molar-refractivity contribution in [3.8, 4) is 0 Å². The van der Waals surface area contributed by atoms with Crippen LogP contribution in [0.1, 0.15) is 55.4 Å². The number of fused-ring (bicyclic) bond motifs is 1. The highest BCUT2D eigenvalue weighted by Gasteiger charge is 2.16. The molecule has 0 atom stereocenters. The van der Waals surface area contributed by atoms with Crippen molar-refractivity contribution in [2.45, 2.75) is 46.5 Å². The zero-order chi connectivity index (χ0) is 12.0. The van der Waals surface area contributed by atoms with Gasteiger partial charge in [0, 0.05) is 5.69 Å². The van der Waals surface area contributed by atoms with Crippen molar-refractivity contribution in [2.75, 3.05) is 6.61 Å². The van der Waals surface area contributed by atoms with Crippen LogP contribution >= 0.6 is 0 Å². The average molecular weight is 223 g/mol. The maximum absolute atomic E-state index is 11.4. The first kappa shape index (κ1) is 12.8. The Labute approximate surface area is 97.2 Å². The topological polar surface area (TPSA) is 42.1 Å². The summed E-state index contributed by atoms with van der Waals surface area (Å²) in [6.07, 6.45) is 4.60. The molecule has 0 saturated carbocycles. The molecule has 1 aromatic heterocycles. The molecule has 1 heterocycles. The Bertz CT molecular complexity index is 318. The molecular formula is C13H21NO2. The quantitative estimate of drug-likeness (QED) is 0.783. The van der Waals surface area contributed by atoms with Crippen LogP contribution in [0.25, 0.3) is 0 Å². The van der Waals surface area contributed by atoms with Gasteiger partial charge in [-0.2, -0.15) is 0 Å². The molecule has 0 fully saturated rings. The first-order valence-corrected chi connectivity index (χ1v) is 6.19. The van der Waals surface area contributed by atoms with Gasteiger partial charge < -0.3 is 9.72 Å². The van der Waals surface area contributed by atoms with Gasteiger partial charge in [-0.15, -0.1) is 0 Å². The van der Waals surface area contributed by atoms with Crippen molar-refractivity contribution in [3.05, 3.63) is 23.0 Å². The minimum atomic E-state index is -0.234. The van der Waals surface area contributed by atoms with E-state index in [9.17, 15) is 4.79 Å². The monoisotopic (exact) mass is 223 g/mol. The fraction of sp³-hybridized carbons (Fsp3) is 0.615.